The number of nitrogens with one attached hydrogen (secondary N) is 1. The minimum absolute atomic E-state index is 0.143. The van der Waals surface area contributed by atoms with E-state index < -0.39 is 0 Å². The van der Waals surface area contributed by atoms with Crippen molar-refractivity contribution in [1.82, 2.24) is 20.0 Å². The van der Waals surface area contributed by atoms with Crippen LogP contribution < -0.4 is 5.32 Å². The largest absolute Gasteiger partial charge is 0.356 e. The van der Waals surface area contributed by atoms with Gasteiger partial charge in [0.1, 0.15) is 0 Å². The van der Waals surface area contributed by atoms with Gasteiger partial charge in [-0.3, -0.25) is 9.67 Å². The molecule has 1 aliphatic rings. The number of hydrogen-bond acceptors (Lipinski definition) is 2. The van der Waals surface area contributed by atoms with Gasteiger partial charge in [0.2, 0.25) is 0 Å². The van der Waals surface area contributed by atoms with Crippen LogP contribution in [0, 0.1) is 19.3 Å². The van der Waals surface area contributed by atoms with Crippen LogP contribution in [0.2, 0.25) is 0 Å². The molecule has 1 N–H and O–H groups in total. The number of rotatable bonds is 5. The zero-order chi connectivity index (χ0) is 17.3. The van der Waals surface area contributed by atoms with Gasteiger partial charge >= 0.3 is 0 Å². The molecule has 1 saturated heterocycles. The fourth-order valence-electron chi connectivity index (χ4n) is 3.10. The Morgan fingerprint density at radius 1 is 1.30 bits per heavy atom. The lowest BCUT2D eigenvalue weighted by molar-refractivity contribution is -0.0667. The Morgan fingerprint density at radius 2 is 2.00 bits per heavy atom. The zero-order valence-electron chi connectivity index (χ0n) is 15.9. The zero-order valence-corrected chi connectivity index (χ0v) is 15.9. The van der Waals surface area contributed by atoms with E-state index in [0.717, 1.165) is 44.3 Å². The molecule has 0 radical (unpaired) electrons. The molecule has 1 aromatic heterocycles. The van der Waals surface area contributed by atoms with Gasteiger partial charge in [0.25, 0.3) is 0 Å². The van der Waals surface area contributed by atoms with Gasteiger partial charge in [-0.1, -0.05) is 13.8 Å². The highest BCUT2D eigenvalue weighted by Gasteiger charge is 2.53. The minimum Gasteiger partial charge on any atom is -0.356 e. The van der Waals surface area contributed by atoms with E-state index >= 15 is 0 Å². The molecule has 1 aromatic rings. The van der Waals surface area contributed by atoms with Crippen LogP contribution >= 0.6 is 0 Å². The van der Waals surface area contributed by atoms with Crippen molar-refractivity contribution < 1.29 is 0 Å². The number of guanidine groups is 1. The van der Waals surface area contributed by atoms with Crippen molar-refractivity contribution in [3.8, 4) is 0 Å². The third-order valence-corrected chi connectivity index (χ3v) is 5.37. The molecule has 5 heteroatoms. The number of aromatic nitrogens is 2. The SMILES string of the molecule is CCNC(=NCCCn1nc(C)cc1C)N1CC(C)(C)C1(C)C. The Hall–Kier alpha value is -1.52. The molecule has 0 spiro atoms. The Bertz CT molecular complexity index is 568. The van der Waals surface area contributed by atoms with Crippen molar-refractivity contribution in [3.05, 3.63) is 17.5 Å². The van der Waals surface area contributed by atoms with Crippen molar-refractivity contribution in [2.24, 2.45) is 10.4 Å². The summed E-state index contributed by atoms with van der Waals surface area (Å²) < 4.78 is 2.08. The highest BCUT2D eigenvalue weighted by molar-refractivity contribution is 5.82. The van der Waals surface area contributed by atoms with Crippen LogP contribution in [0.25, 0.3) is 0 Å². The quantitative estimate of drug-likeness (QED) is 0.515. The predicted octanol–water partition coefficient (Wildman–Crippen LogP) is 2.98. The Morgan fingerprint density at radius 3 is 2.48 bits per heavy atom. The average molecular weight is 319 g/mol. The highest BCUT2D eigenvalue weighted by Crippen LogP contribution is 2.46. The third kappa shape index (κ3) is 3.54. The molecule has 1 aliphatic heterocycles. The summed E-state index contributed by atoms with van der Waals surface area (Å²) in [7, 11) is 0. The van der Waals surface area contributed by atoms with E-state index in [4.69, 9.17) is 4.99 Å². The van der Waals surface area contributed by atoms with Crippen molar-refractivity contribution in [2.45, 2.75) is 67.0 Å². The summed E-state index contributed by atoms with van der Waals surface area (Å²) >= 11 is 0. The normalized spacial score (nSPS) is 19.6. The first-order chi connectivity index (χ1) is 10.7. The molecule has 2 rings (SSSR count). The van der Waals surface area contributed by atoms with Gasteiger partial charge in [0, 0.05) is 42.8 Å². The average Bonchev–Trinajstić information content (AvgIpc) is 2.78. The van der Waals surface area contributed by atoms with Crippen LogP contribution in [0.1, 0.15) is 52.4 Å². The molecule has 0 bridgehead atoms. The third-order valence-electron chi connectivity index (χ3n) is 5.37. The van der Waals surface area contributed by atoms with E-state index in [2.05, 4.69) is 67.6 Å². The summed E-state index contributed by atoms with van der Waals surface area (Å²) in [5.41, 5.74) is 2.78. The molecular weight excluding hydrogens is 286 g/mol. The Kier molecular flexibility index (Phi) is 5.07. The van der Waals surface area contributed by atoms with E-state index in [1.807, 2.05) is 6.92 Å². The van der Waals surface area contributed by atoms with Gasteiger partial charge < -0.3 is 10.2 Å². The topological polar surface area (TPSA) is 45.5 Å². The molecule has 5 nitrogen and oxygen atoms in total. The molecule has 0 aliphatic carbocycles. The molecular formula is C18H33N5. The number of likely N-dealkylation sites (tertiary alicyclic amines) is 1. The van der Waals surface area contributed by atoms with Gasteiger partial charge in [0.05, 0.1) is 5.69 Å². The van der Waals surface area contributed by atoms with Crippen LogP contribution in [-0.4, -0.2) is 45.8 Å². The number of aryl methyl sites for hydroxylation is 3. The molecule has 0 saturated carbocycles. The molecule has 130 valence electrons. The van der Waals surface area contributed by atoms with Crippen molar-refractivity contribution >= 4 is 5.96 Å². The second-order valence-electron chi connectivity index (χ2n) is 7.77. The summed E-state index contributed by atoms with van der Waals surface area (Å²) in [6, 6.07) is 2.12. The van der Waals surface area contributed by atoms with E-state index in [0.29, 0.717) is 5.41 Å². The van der Waals surface area contributed by atoms with E-state index in [-0.39, 0.29) is 5.54 Å². The predicted molar refractivity (Wildman–Crippen MR) is 96.9 cm³/mol. The van der Waals surface area contributed by atoms with Crippen molar-refractivity contribution in [2.75, 3.05) is 19.6 Å². The standard InChI is InChI=1S/C18H33N5/c1-8-19-16(22-13-17(4,5)18(22,6)7)20-10-9-11-23-15(3)12-14(2)21-23/h12H,8-11,13H2,1-7H3,(H,19,20). The monoisotopic (exact) mass is 319 g/mol. The second kappa shape index (κ2) is 6.54. The lowest BCUT2D eigenvalue weighted by Crippen LogP contribution is -2.72. The van der Waals surface area contributed by atoms with Crippen LogP contribution in [0.15, 0.2) is 11.1 Å². The van der Waals surface area contributed by atoms with Gasteiger partial charge in [-0.25, -0.2) is 0 Å². The van der Waals surface area contributed by atoms with Crippen LogP contribution in [-0.2, 0) is 6.54 Å². The maximum Gasteiger partial charge on any atom is 0.194 e. The lowest BCUT2D eigenvalue weighted by Gasteiger charge is -2.62. The first-order valence-corrected chi connectivity index (χ1v) is 8.76. The van der Waals surface area contributed by atoms with Crippen LogP contribution in [0.4, 0.5) is 0 Å². The molecule has 1 fully saturated rings. The molecule has 0 aromatic carbocycles. The number of nitrogens with zero attached hydrogens (tertiary/aromatic N) is 4. The van der Waals surface area contributed by atoms with Crippen LogP contribution in [0.3, 0.4) is 0 Å². The van der Waals surface area contributed by atoms with E-state index in [1.165, 1.54) is 5.69 Å². The van der Waals surface area contributed by atoms with Gasteiger partial charge in [0.15, 0.2) is 5.96 Å². The van der Waals surface area contributed by atoms with Gasteiger partial charge in [-0.05, 0) is 47.1 Å². The fourth-order valence-corrected chi connectivity index (χ4v) is 3.10. The van der Waals surface area contributed by atoms with Gasteiger partial charge in [-0.2, -0.15) is 5.10 Å². The summed E-state index contributed by atoms with van der Waals surface area (Å²) in [6.07, 6.45) is 1.01. The number of hydrogen-bond donors (Lipinski definition) is 1. The smallest absolute Gasteiger partial charge is 0.194 e. The molecule has 2 heterocycles. The van der Waals surface area contributed by atoms with E-state index in [1.54, 1.807) is 0 Å². The molecule has 0 unspecified atom stereocenters. The first-order valence-electron chi connectivity index (χ1n) is 8.76. The summed E-state index contributed by atoms with van der Waals surface area (Å²) in [5.74, 6) is 1.05. The van der Waals surface area contributed by atoms with Crippen molar-refractivity contribution in [1.29, 1.82) is 0 Å². The van der Waals surface area contributed by atoms with Crippen LogP contribution in [0.5, 0.6) is 0 Å². The first kappa shape index (κ1) is 17.8. The maximum atomic E-state index is 4.84. The molecule has 0 atom stereocenters. The summed E-state index contributed by atoms with van der Waals surface area (Å²) in [4.78, 5) is 7.24. The molecule has 23 heavy (non-hydrogen) atoms. The summed E-state index contributed by atoms with van der Waals surface area (Å²) in [6.45, 7) is 19.3. The summed E-state index contributed by atoms with van der Waals surface area (Å²) in [5, 5.41) is 7.96. The maximum absolute atomic E-state index is 4.84. The minimum atomic E-state index is 0.143. The molecule has 0 amide bonds. The highest BCUT2D eigenvalue weighted by atomic mass is 15.4. The lowest BCUT2D eigenvalue weighted by atomic mass is 9.65. The van der Waals surface area contributed by atoms with E-state index in [9.17, 15) is 0 Å². The van der Waals surface area contributed by atoms with Gasteiger partial charge in [-0.15, -0.1) is 0 Å². The van der Waals surface area contributed by atoms with Crippen molar-refractivity contribution in [3.63, 3.8) is 0 Å². The second-order valence-corrected chi connectivity index (χ2v) is 7.77. The Labute approximate surface area is 141 Å². The Balaban J connectivity index is 1.94. The fraction of sp³-hybridized carbons (Fsp3) is 0.778. The number of aliphatic imine (C=N–C) groups is 1.